The third-order valence-electron chi connectivity index (χ3n) is 3.26. The summed E-state index contributed by atoms with van der Waals surface area (Å²) in [5, 5.41) is 1.46. The zero-order valence-electron chi connectivity index (χ0n) is 10.2. The Bertz CT molecular complexity index is 785. The van der Waals surface area contributed by atoms with Crippen LogP contribution in [0.5, 0.6) is 0 Å². The van der Waals surface area contributed by atoms with Crippen LogP contribution in [0.2, 0.25) is 0 Å². The molecular weight excluding hydrogens is 405 g/mol. The minimum Gasteiger partial charge on any atom is -0.320 e. The third kappa shape index (κ3) is 2.44. The molecule has 2 aromatic carbocycles. The molecule has 3 aromatic rings. The van der Waals surface area contributed by atoms with E-state index < -0.39 is 0 Å². The van der Waals surface area contributed by atoms with Crippen LogP contribution >= 0.6 is 43.2 Å². The summed E-state index contributed by atoms with van der Waals surface area (Å²) in [5.41, 5.74) is 8.30. The molecule has 1 unspecified atom stereocenters. The van der Waals surface area contributed by atoms with Crippen molar-refractivity contribution in [3.05, 3.63) is 67.0 Å². The van der Waals surface area contributed by atoms with E-state index in [0.717, 1.165) is 24.1 Å². The fourth-order valence-corrected chi connectivity index (χ4v) is 5.22. The number of fused-ring (bicyclic) bond motifs is 1. The lowest BCUT2D eigenvalue weighted by Gasteiger charge is -2.15. The van der Waals surface area contributed by atoms with E-state index in [2.05, 4.69) is 31.9 Å². The molecular formula is C15H10Br2FNS. The van der Waals surface area contributed by atoms with Crippen LogP contribution in [-0.4, -0.2) is 0 Å². The molecule has 0 aliphatic heterocycles. The zero-order chi connectivity index (χ0) is 14.3. The normalized spacial score (nSPS) is 12.8. The van der Waals surface area contributed by atoms with Crippen molar-refractivity contribution >= 4 is 54.0 Å². The number of thiophene rings is 1. The molecule has 20 heavy (non-hydrogen) atoms. The first-order chi connectivity index (χ1) is 9.58. The molecule has 5 heteroatoms. The van der Waals surface area contributed by atoms with E-state index in [-0.39, 0.29) is 11.9 Å². The minimum atomic E-state index is -0.294. The molecule has 0 aliphatic carbocycles. The van der Waals surface area contributed by atoms with Crippen molar-refractivity contribution in [2.45, 2.75) is 6.04 Å². The first-order valence-corrected chi connectivity index (χ1v) is 8.35. The molecule has 1 atom stereocenters. The van der Waals surface area contributed by atoms with Gasteiger partial charge in [0, 0.05) is 5.39 Å². The molecule has 0 fully saturated rings. The molecule has 102 valence electrons. The maximum atomic E-state index is 13.9. The zero-order valence-corrected chi connectivity index (χ0v) is 14.2. The van der Waals surface area contributed by atoms with Crippen molar-refractivity contribution in [2.75, 3.05) is 0 Å². The number of benzene rings is 2. The Hall–Kier alpha value is -0.750. The summed E-state index contributed by atoms with van der Waals surface area (Å²) in [6, 6.07) is 12.4. The molecule has 1 aromatic heterocycles. The summed E-state index contributed by atoms with van der Waals surface area (Å²) in [5.74, 6) is -0.220. The van der Waals surface area contributed by atoms with Crippen molar-refractivity contribution in [3.8, 4) is 0 Å². The summed E-state index contributed by atoms with van der Waals surface area (Å²) in [6.45, 7) is 0. The van der Waals surface area contributed by atoms with E-state index in [0.29, 0.717) is 5.39 Å². The number of nitrogens with two attached hydrogens (primary N) is 1. The summed E-state index contributed by atoms with van der Waals surface area (Å²) in [6.07, 6.45) is 0. The Morgan fingerprint density at radius 3 is 2.35 bits per heavy atom. The van der Waals surface area contributed by atoms with Crippen LogP contribution in [0.15, 0.2) is 50.0 Å². The van der Waals surface area contributed by atoms with E-state index >= 15 is 0 Å². The Morgan fingerprint density at radius 2 is 1.70 bits per heavy atom. The largest absolute Gasteiger partial charge is 0.320 e. The van der Waals surface area contributed by atoms with Gasteiger partial charge in [-0.1, -0.05) is 30.3 Å². The van der Waals surface area contributed by atoms with Crippen molar-refractivity contribution in [3.63, 3.8) is 0 Å². The summed E-state index contributed by atoms with van der Waals surface area (Å²) < 4.78 is 15.9. The molecule has 3 rings (SSSR count). The lowest BCUT2D eigenvalue weighted by Crippen LogP contribution is -2.12. The Morgan fingerprint density at radius 1 is 1.00 bits per heavy atom. The van der Waals surface area contributed by atoms with Crippen LogP contribution in [-0.2, 0) is 0 Å². The van der Waals surface area contributed by atoms with Gasteiger partial charge in [0.05, 0.1) is 13.6 Å². The van der Waals surface area contributed by atoms with Crippen LogP contribution in [0, 0.1) is 5.82 Å². The summed E-state index contributed by atoms with van der Waals surface area (Å²) in [4.78, 5) is 0. The summed E-state index contributed by atoms with van der Waals surface area (Å²) >= 11 is 8.57. The molecule has 0 bridgehead atoms. The van der Waals surface area contributed by atoms with E-state index in [1.165, 1.54) is 6.07 Å². The molecule has 0 radical (unpaired) electrons. The molecule has 1 nitrogen and oxygen atoms in total. The Labute approximate surface area is 136 Å². The average Bonchev–Trinajstić information content (AvgIpc) is 2.78. The van der Waals surface area contributed by atoms with Gasteiger partial charge < -0.3 is 5.73 Å². The van der Waals surface area contributed by atoms with Gasteiger partial charge in [0.2, 0.25) is 0 Å². The molecule has 0 spiro atoms. The fourth-order valence-electron chi connectivity index (χ4n) is 2.29. The number of halogens is 3. The van der Waals surface area contributed by atoms with Gasteiger partial charge in [-0.05, 0) is 60.5 Å². The molecule has 0 amide bonds. The third-order valence-corrected chi connectivity index (χ3v) is 5.64. The van der Waals surface area contributed by atoms with Gasteiger partial charge in [-0.25, -0.2) is 4.39 Å². The molecule has 0 aliphatic rings. The van der Waals surface area contributed by atoms with Crippen molar-refractivity contribution < 1.29 is 4.39 Å². The van der Waals surface area contributed by atoms with Crippen molar-refractivity contribution in [1.29, 1.82) is 0 Å². The standard InChI is InChI=1S/C15H10Br2FNS/c16-13-7-11(15(17)20-13)14(19)10-5-6-12(18)9-4-2-1-3-8(9)10/h1-7,14H,19H2. The summed E-state index contributed by atoms with van der Waals surface area (Å²) in [7, 11) is 0. The van der Waals surface area contributed by atoms with E-state index in [1.807, 2.05) is 24.3 Å². The average molecular weight is 415 g/mol. The minimum absolute atomic E-state index is 0.220. The van der Waals surface area contributed by atoms with Gasteiger partial charge in [0.1, 0.15) is 5.82 Å². The second kappa shape index (κ2) is 5.56. The number of hydrogen-bond acceptors (Lipinski definition) is 2. The van der Waals surface area contributed by atoms with Crippen molar-refractivity contribution in [2.24, 2.45) is 5.73 Å². The predicted molar refractivity (Wildman–Crippen MR) is 89.7 cm³/mol. The second-order valence-corrected chi connectivity index (χ2v) is 8.19. The Balaban J connectivity index is 2.20. The van der Waals surface area contributed by atoms with Gasteiger partial charge in [0.15, 0.2) is 0 Å². The van der Waals surface area contributed by atoms with Gasteiger partial charge in [-0.15, -0.1) is 11.3 Å². The SMILES string of the molecule is NC(c1cc(Br)sc1Br)c1ccc(F)c2ccccc12. The Kier molecular flexibility index (Phi) is 3.95. The first kappa shape index (κ1) is 14.2. The molecule has 0 saturated heterocycles. The van der Waals surface area contributed by atoms with Crippen LogP contribution in [0.1, 0.15) is 17.2 Å². The number of rotatable bonds is 2. The highest BCUT2D eigenvalue weighted by molar-refractivity contribution is 9.12. The highest BCUT2D eigenvalue weighted by atomic mass is 79.9. The quantitative estimate of drug-likeness (QED) is 0.579. The maximum absolute atomic E-state index is 13.9. The smallest absolute Gasteiger partial charge is 0.131 e. The predicted octanol–water partition coefficient (Wildman–Crippen LogP) is 5.61. The lowest BCUT2D eigenvalue weighted by atomic mass is 9.96. The van der Waals surface area contributed by atoms with Gasteiger partial charge in [0.25, 0.3) is 0 Å². The van der Waals surface area contributed by atoms with E-state index in [4.69, 9.17) is 5.73 Å². The van der Waals surface area contributed by atoms with Gasteiger partial charge in [-0.2, -0.15) is 0 Å². The van der Waals surface area contributed by atoms with E-state index in [9.17, 15) is 4.39 Å². The lowest BCUT2D eigenvalue weighted by molar-refractivity contribution is 0.639. The van der Waals surface area contributed by atoms with Gasteiger partial charge in [-0.3, -0.25) is 0 Å². The topological polar surface area (TPSA) is 26.0 Å². The highest BCUT2D eigenvalue weighted by Gasteiger charge is 2.18. The fraction of sp³-hybridized carbons (Fsp3) is 0.0667. The van der Waals surface area contributed by atoms with Crippen LogP contribution in [0.25, 0.3) is 10.8 Å². The van der Waals surface area contributed by atoms with Crippen LogP contribution in [0.3, 0.4) is 0 Å². The second-order valence-electron chi connectivity index (χ2n) is 4.44. The van der Waals surface area contributed by atoms with Gasteiger partial charge >= 0.3 is 0 Å². The maximum Gasteiger partial charge on any atom is 0.131 e. The van der Waals surface area contributed by atoms with Crippen LogP contribution in [0.4, 0.5) is 4.39 Å². The first-order valence-electron chi connectivity index (χ1n) is 5.95. The molecule has 2 N–H and O–H groups in total. The monoisotopic (exact) mass is 413 g/mol. The molecule has 0 saturated carbocycles. The van der Waals surface area contributed by atoms with Crippen LogP contribution < -0.4 is 5.73 Å². The van der Waals surface area contributed by atoms with E-state index in [1.54, 1.807) is 23.5 Å². The number of hydrogen-bond donors (Lipinski definition) is 1. The highest BCUT2D eigenvalue weighted by Crippen LogP contribution is 2.38. The molecule has 1 heterocycles. The van der Waals surface area contributed by atoms with Crippen molar-refractivity contribution in [1.82, 2.24) is 0 Å².